The molecule has 0 aliphatic rings. The van der Waals surface area contributed by atoms with Gasteiger partial charge in [-0.2, -0.15) is 4.99 Å². The second-order valence-corrected chi connectivity index (χ2v) is 4.16. The number of carbonyl (C=O) groups is 2. The van der Waals surface area contributed by atoms with Crippen LogP contribution in [0.2, 0.25) is 0 Å². The summed E-state index contributed by atoms with van der Waals surface area (Å²) in [7, 11) is 2.77. The van der Waals surface area contributed by atoms with Crippen molar-refractivity contribution >= 4 is 17.7 Å². The number of aliphatic imine (C=N–C) groups is 1. The minimum atomic E-state index is -0.789. The zero-order valence-corrected chi connectivity index (χ0v) is 10.5. The molecule has 0 aromatic rings. The monoisotopic (exact) mass is 230 g/mol. The molecule has 0 aromatic carbocycles. The van der Waals surface area contributed by atoms with Crippen molar-refractivity contribution in [2.24, 2.45) is 4.99 Å². The minimum Gasteiger partial charge on any atom is -0.442 e. The van der Waals surface area contributed by atoms with Crippen LogP contribution in [0.25, 0.3) is 0 Å². The van der Waals surface area contributed by atoms with Gasteiger partial charge in [0, 0.05) is 7.05 Å². The highest BCUT2D eigenvalue weighted by Gasteiger charge is 2.18. The molecule has 0 saturated heterocycles. The van der Waals surface area contributed by atoms with Crippen LogP contribution < -0.4 is 0 Å². The Labute approximate surface area is 95.2 Å². The summed E-state index contributed by atoms with van der Waals surface area (Å²) in [5.41, 5.74) is -0.615. The third-order valence-electron chi connectivity index (χ3n) is 1.52. The van der Waals surface area contributed by atoms with E-state index in [1.165, 1.54) is 21.1 Å². The van der Waals surface area contributed by atoms with Gasteiger partial charge in [0.15, 0.2) is 0 Å². The maximum atomic E-state index is 11.4. The second kappa shape index (κ2) is 5.60. The molecule has 0 unspecified atom stereocenters. The van der Waals surface area contributed by atoms with Crippen LogP contribution in [0.4, 0.5) is 4.79 Å². The van der Waals surface area contributed by atoms with E-state index in [2.05, 4.69) is 9.83 Å². The molecule has 16 heavy (non-hydrogen) atoms. The lowest BCUT2D eigenvalue weighted by atomic mass is 10.2. The van der Waals surface area contributed by atoms with Gasteiger partial charge in [0.2, 0.25) is 0 Å². The summed E-state index contributed by atoms with van der Waals surface area (Å²) >= 11 is 0. The first-order chi connectivity index (χ1) is 7.17. The molecule has 0 spiro atoms. The molecule has 6 heteroatoms. The van der Waals surface area contributed by atoms with Gasteiger partial charge in [0.05, 0.1) is 7.11 Å². The van der Waals surface area contributed by atoms with Gasteiger partial charge >= 0.3 is 6.09 Å². The van der Waals surface area contributed by atoms with Crippen LogP contribution in [-0.2, 0) is 14.4 Å². The summed E-state index contributed by atoms with van der Waals surface area (Å²) in [4.78, 5) is 30.9. The molecule has 0 atom stereocenters. The molecule has 6 nitrogen and oxygen atoms in total. The predicted molar refractivity (Wildman–Crippen MR) is 59.1 cm³/mol. The van der Waals surface area contributed by atoms with Gasteiger partial charge in [-0.05, 0) is 27.7 Å². The molecule has 0 bridgehead atoms. The molecule has 0 rings (SSSR count). The highest BCUT2D eigenvalue weighted by molar-refractivity contribution is 6.38. The number of amides is 2. The summed E-state index contributed by atoms with van der Waals surface area (Å²) in [6.07, 6.45) is -0.789. The zero-order chi connectivity index (χ0) is 12.9. The Balaban J connectivity index is 4.55. The number of hydrogen-bond acceptors (Lipinski definition) is 4. The number of carbonyl (C=O) groups excluding carboxylic acids is 2. The summed E-state index contributed by atoms with van der Waals surface area (Å²) < 4.78 is 4.93. The second-order valence-electron chi connectivity index (χ2n) is 4.16. The predicted octanol–water partition coefficient (Wildman–Crippen LogP) is 1.40. The Morgan fingerprint density at radius 3 is 2.12 bits per heavy atom. The highest BCUT2D eigenvalue weighted by atomic mass is 16.7. The van der Waals surface area contributed by atoms with Crippen LogP contribution in [0.3, 0.4) is 0 Å². The molecular weight excluding hydrogens is 212 g/mol. The standard InChI is InChI=1S/C10H18N2O4/c1-7(8(13)12(5)15-6)11-9(14)16-10(2,3)4/h1-6H3. The summed E-state index contributed by atoms with van der Waals surface area (Å²) in [5, 5.41) is 0.975. The fraction of sp³-hybridized carbons (Fsp3) is 0.700. The molecule has 0 saturated carbocycles. The van der Waals surface area contributed by atoms with Crippen molar-refractivity contribution in [3.05, 3.63) is 0 Å². The Kier molecular flexibility index (Phi) is 5.10. The van der Waals surface area contributed by atoms with Gasteiger partial charge in [-0.3, -0.25) is 9.63 Å². The number of rotatable bonds is 2. The minimum absolute atomic E-state index is 0.0126. The molecule has 92 valence electrons. The van der Waals surface area contributed by atoms with Crippen molar-refractivity contribution in [1.82, 2.24) is 5.06 Å². The average molecular weight is 230 g/mol. The van der Waals surface area contributed by atoms with Crippen molar-refractivity contribution in [2.75, 3.05) is 14.2 Å². The summed E-state index contributed by atoms with van der Waals surface area (Å²) in [6.45, 7) is 6.58. The van der Waals surface area contributed by atoms with Crippen LogP contribution >= 0.6 is 0 Å². The van der Waals surface area contributed by atoms with E-state index in [9.17, 15) is 9.59 Å². The third-order valence-corrected chi connectivity index (χ3v) is 1.52. The summed E-state index contributed by atoms with van der Waals surface area (Å²) in [5.74, 6) is -0.492. The van der Waals surface area contributed by atoms with Crippen molar-refractivity contribution in [1.29, 1.82) is 0 Å². The molecule has 2 amide bonds. The van der Waals surface area contributed by atoms with Crippen molar-refractivity contribution in [2.45, 2.75) is 33.3 Å². The van der Waals surface area contributed by atoms with E-state index in [1.54, 1.807) is 20.8 Å². The molecule has 0 aromatic heterocycles. The van der Waals surface area contributed by atoms with Gasteiger partial charge in [-0.25, -0.2) is 9.86 Å². The molecule has 0 radical (unpaired) electrons. The maximum absolute atomic E-state index is 11.4. The molecule has 0 heterocycles. The van der Waals surface area contributed by atoms with E-state index < -0.39 is 17.6 Å². The van der Waals surface area contributed by atoms with Crippen molar-refractivity contribution in [3.63, 3.8) is 0 Å². The zero-order valence-electron chi connectivity index (χ0n) is 10.5. The van der Waals surface area contributed by atoms with Gasteiger partial charge in [-0.1, -0.05) is 0 Å². The van der Waals surface area contributed by atoms with Crippen molar-refractivity contribution in [3.8, 4) is 0 Å². The fourth-order valence-electron chi connectivity index (χ4n) is 0.780. The highest BCUT2D eigenvalue weighted by Crippen LogP contribution is 2.08. The quantitative estimate of drug-likeness (QED) is 0.531. The molecular formula is C10H18N2O4. The Bertz CT molecular complexity index is 304. The Morgan fingerprint density at radius 2 is 1.75 bits per heavy atom. The van der Waals surface area contributed by atoms with Crippen LogP contribution in [0, 0.1) is 0 Å². The van der Waals surface area contributed by atoms with E-state index in [1.807, 2.05) is 0 Å². The fourth-order valence-corrected chi connectivity index (χ4v) is 0.780. The van der Waals surface area contributed by atoms with E-state index in [0.717, 1.165) is 5.06 Å². The normalized spacial score (nSPS) is 12.2. The van der Waals surface area contributed by atoms with Crippen LogP contribution in [0.1, 0.15) is 27.7 Å². The van der Waals surface area contributed by atoms with Gasteiger partial charge < -0.3 is 4.74 Å². The largest absolute Gasteiger partial charge is 0.442 e. The Hall–Kier alpha value is -1.43. The smallest absolute Gasteiger partial charge is 0.434 e. The van der Waals surface area contributed by atoms with E-state index in [4.69, 9.17) is 4.74 Å². The molecule has 0 aliphatic carbocycles. The van der Waals surface area contributed by atoms with Crippen LogP contribution in [-0.4, -0.2) is 42.5 Å². The number of hydroxylamine groups is 2. The lowest BCUT2D eigenvalue weighted by Crippen LogP contribution is -2.32. The van der Waals surface area contributed by atoms with E-state index in [-0.39, 0.29) is 5.71 Å². The first-order valence-electron chi connectivity index (χ1n) is 4.78. The average Bonchev–Trinajstić information content (AvgIpc) is 2.12. The third kappa shape index (κ3) is 5.45. The topological polar surface area (TPSA) is 68.2 Å². The molecule has 0 aliphatic heterocycles. The number of ether oxygens (including phenoxy) is 1. The lowest BCUT2D eigenvalue weighted by molar-refractivity contribution is -0.160. The van der Waals surface area contributed by atoms with Gasteiger partial charge in [0.1, 0.15) is 11.3 Å². The maximum Gasteiger partial charge on any atom is 0.434 e. The van der Waals surface area contributed by atoms with E-state index in [0.29, 0.717) is 0 Å². The number of nitrogens with zero attached hydrogens (tertiary/aromatic N) is 2. The van der Waals surface area contributed by atoms with Crippen LogP contribution in [0.5, 0.6) is 0 Å². The van der Waals surface area contributed by atoms with Crippen LogP contribution in [0.15, 0.2) is 4.99 Å². The summed E-state index contributed by atoms with van der Waals surface area (Å²) in [6, 6.07) is 0. The van der Waals surface area contributed by atoms with Crippen molar-refractivity contribution < 1.29 is 19.2 Å². The first kappa shape index (κ1) is 14.6. The Morgan fingerprint density at radius 1 is 1.25 bits per heavy atom. The number of hydrogen-bond donors (Lipinski definition) is 0. The first-order valence-corrected chi connectivity index (χ1v) is 4.78. The van der Waals surface area contributed by atoms with E-state index >= 15 is 0 Å². The lowest BCUT2D eigenvalue weighted by Gasteiger charge is -2.18. The molecule has 0 N–H and O–H groups in total. The molecule has 0 fully saturated rings. The van der Waals surface area contributed by atoms with Gasteiger partial charge in [0.25, 0.3) is 5.91 Å². The SMILES string of the molecule is CON(C)C(=O)C(C)=NC(=O)OC(C)(C)C. The van der Waals surface area contributed by atoms with Gasteiger partial charge in [-0.15, -0.1) is 0 Å².